The maximum Gasteiger partial charge on any atom is 0.305 e. The monoisotopic (exact) mass is 384 g/mol. The molecule has 0 saturated carbocycles. The summed E-state index contributed by atoms with van der Waals surface area (Å²) in [5.74, 6) is -0.106. The third-order valence-corrected chi connectivity index (χ3v) is 4.46. The van der Waals surface area contributed by atoms with Crippen LogP contribution in [0.5, 0.6) is 0 Å². The molecule has 0 saturated heterocycles. The predicted molar refractivity (Wildman–Crippen MR) is 113 cm³/mol. The van der Waals surface area contributed by atoms with E-state index in [0.29, 0.717) is 39.5 Å². The fourth-order valence-corrected chi connectivity index (χ4v) is 2.81. The van der Waals surface area contributed by atoms with Gasteiger partial charge in [0, 0.05) is 13.0 Å². The third-order valence-electron chi connectivity index (χ3n) is 4.46. The Bertz CT molecular complexity index is 328. The van der Waals surface area contributed by atoms with E-state index in [9.17, 15) is 4.79 Å². The van der Waals surface area contributed by atoms with Gasteiger partial charge in [0.1, 0.15) is 6.61 Å². The summed E-state index contributed by atoms with van der Waals surface area (Å²) >= 11 is 0. The molecule has 0 aromatic carbocycles. The van der Waals surface area contributed by atoms with E-state index in [1.165, 1.54) is 64.2 Å². The summed E-state index contributed by atoms with van der Waals surface area (Å²) in [7, 11) is 0. The van der Waals surface area contributed by atoms with Crippen LogP contribution in [0.4, 0.5) is 0 Å². The van der Waals surface area contributed by atoms with Gasteiger partial charge < -0.3 is 14.2 Å². The van der Waals surface area contributed by atoms with Crippen LogP contribution in [0.2, 0.25) is 0 Å². The largest absolute Gasteiger partial charge is 0.463 e. The lowest BCUT2D eigenvalue weighted by atomic mass is 10.1. The highest BCUT2D eigenvalue weighted by molar-refractivity contribution is 5.69. The molecule has 0 heterocycles. The fourth-order valence-electron chi connectivity index (χ4n) is 2.81. The number of rotatable bonds is 21. The smallest absolute Gasteiger partial charge is 0.305 e. The molecule has 0 aromatic rings. The molecule has 0 aromatic heterocycles. The Morgan fingerprint density at radius 2 is 1.22 bits per heavy atom. The van der Waals surface area contributed by atoms with Crippen molar-refractivity contribution in [3.63, 3.8) is 0 Å². The molecule has 0 amide bonds. The Morgan fingerprint density at radius 1 is 0.667 bits per heavy atom. The van der Waals surface area contributed by atoms with Gasteiger partial charge in [-0.1, -0.05) is 64.0 Å². The molecule has 0 fully saturated rings. The van der Waals surface area contributed by atoms with Crippen molar-refractivity contribution in [1.82, 2.24) is 0 Å². The van der Waals surface area contributed by atoms with Gasteiger partial charge >= 0.3 is 5.97 Å². The summed E-state index contributed by atoms with van der Waals surface area (Å²) in [6.45, 7) is 6.86. The van der Waals surface area contributed by atoms with Gasteiger partial charge in [0.05, 0.1) is 19.8 Å². The van der Waals surface area contributed by atoms with Crippen LogP contribution >= 0.6 is 0 Å². The molecule has 160 valence electrons. The Morgan fingerprint density at radius 3 is 1.89 bits per heavy atom. The van der Waals surface area contributed by atoms with Gasteiger partial charge in [0.15, 0.2) is 0 Å². The Balaban J connectivity index is 3.19. The van der Waals surface area contributed by atoms with Crippen molar-refractivity contribution in [2.75, 3.05) is 33.0 Å². The lowest BCUT2D eigenvalue weighted by Crippen LogP contribution is -2.12. The van der Waals surface area contributed by atoms with Crippen LogP contribution in [-0.4, -0.2) is 39.0 Å². The first-order valence-corrected chi connectivity index (χ1v) is 11.3. The molecule has 0 radical (unpaired) electrons. The van der Waals surface area contributed by atoms with Crippen molar-refractivity contribution in [2.45, 2.75) is 97.3 Å². The summed E-state index contributed by atoms with van der Waals surface area (Å²) in [5.41, 5.74) is 0. The molecule has 0 bridgehead atoms. The molecule has 0 spiro atoms. The zero-order chi connectivity index (χ0) is 19.8. The van der Waals surface area contributed by atoms with Crippen molar-refractivity contribution in [3.8, 4) is 0 Å². The lowest BCUT2D eigenvalue weighted by Gasteiger charge is -2.06. The molecular weight excluding hydrogens is 340 g/mol. The molecule has 4 nitrogen and oxygen atoms in total. The summed E-state index contributed by atoms with van der Waals surface area (Å²) in [4.78, 5) is 11.6. The molecular formula is C23H44O4. The number of carbonyl (C=O) groups excluding carboxylic acids is 1. The second kappa shape index (κ2) is 23.2. The van der Waals surface area contributed by atoms with Crippen molar-refractivity contribution in [1.29, 1.82) is 0 Å². The highest BCUT2D eigenvalue weighted by atomic mass is 16.6. The van der Waals surface area contributed by atoms with Crippen molar-refractivity contribution < 1.29 is 19.0 Å². The molecule has 0 N–H and O–H groups in total. The number of esters is 1. The lowest BCUT2D eigenvalue weighted by molar-refractivity contribution is -0.145. The summed E-state index contributed by atoms with van der Waals surface area (Å²) in [5, 5.41) is 0. The number of hydrogen-bond donors (Lipinski definition) is 0. The van der Waals surface area contributed by atoms with Gasteiger partial charge in [-0.3, -0.25) is 4.79 Å². The maximum atomic E-state index is 11.6. The molecule has 4 heteroatoms. The minimum absolute atomic E-state index is 0.106. The second-order valence-electron chi connectivity index (χ2n) is 7.01. The van der Waals surface area contributed by atoms with Crippen LogP contribution in [0, 0.1) is 0 Å². The van der Waals surface area contributed by atoms with Gasteiger partial charge in [-0.2, -0.15) is 0 Å². The highest BCUT2D eigenvalue weighted by Gasteiger charge is 2.02. The van der Waals surface area contributed by atoms with Crippen LogP contribution < -0.4 is 0 Å². The van der Waals surface area contributed by atoms with Gasteiger partial charge in [0.25, 0.3) is 0 Å². The van der Waals surface area contributed by atoms with Gasteiger partial charge in [0.2, 0.25) is 0 Å². The maximum absolute atomic E-state index is 11.6. The van der Waals surface area contributed by atoms with Gasteiger partial charge in [-0.25, -0.2) is 0 Å². The summed E-state index contributed by atoms with van der Waals surface area (Å²) < 4.78 is 15.6. The van der Waals surface area contributed by atoms with E-state index in [4.69, 9.17) is 14.2 Å². The summed E-state index contributed by atoms with van der Waals surface area (Å²) in [6.07, 6.45) is 20.2. The van der Waals surface area contributed by atoms with Crippen molar-refractivity contribution in [3.05, 3.63) is 12.2 Å². The number of ether oxygens (including phenoxy) is 3. The number of hydrogen-bond acceptors (Lipinski definition) is 4. The molecule has 0 unspecified atom stereocenters. The Labute approximate surface area is 168 Å². The average molecular weight is 385 g/mol. The summed E-state index contributed by atoms with van der Waals surface area (Å²) in [6, 6.07) is 0. The quantitative estimate of drug-likeness (QED) is 0.134. The van der Waals surface area contributed by atoms with Crippen LogP contribution in [0.15, 0.2) is 12.2 Å². The zero-order valence-electron chi connectivity index (χ0n) is 18.0. The Kier molecular flexibility index (Phi) is 22.4. The van der Waals surface area contributed by atoms with E-state index in [1.54, 1.807) is 0 Å². The molecule has 0 rings (SSSR count). The van der Waals surface area contributed by atoms with Gasteiger partial charge in [-0.15, -0.1) is 0 Å². The second-order valence-corrected chi connectivity index (χ2v) is 7.01. The first-order chi connectivity index (χ1) is 13.3. The average Bonchev–Trinajstić information content (AvgIpc) is 2.67. The van der Waals surface area contributed by atoms with E-state index in [1.807, 2.05) is 6.92 Å². The van der Waals surface area contributed by atoms with Crippen LogP contribution in [0.3, 0.4) is 0 Å². The van der Waals surface area contributed by atoms with E-state index in [2.05, 4.69) is 19.1 Å². The topological polar surface area (TPSA) is 44.8 Å². The number of unbranched alkanes of at least 4 members (excludes halogenated alkanes) is 10. The van der Waals surface area contributed by atoms with Crippen LogP contribution in [-0.2, 0) is 19.0 Å². The van der Waals surface area contributed by atoms with E-state index in [-0.39, 0.29) is 5.97 Å². The van der Waals surface area contributed by atoms with E-state index < -0.39 is 0 Å². The normalized spacial score (nSPS) is 11.3. The van der Waals surface area contributed by atoms with Crippen molar-refractivity contribution in [2.24, 2.45) is 0 Å². The SMILES string of the molecule is CCCCCCCC=CCCCCCCCC(=O)OCCOCCOCC. The highest BCUT2D eigenvalue weighted by Crippen LogP contribution is 2.09. The van der Waals surface area contributed by atoms with Gasteiger partial charge in [-0.05, 0) is 39.0 Å². The van der Waals surface area contributed by atoms with E-state index >= 15 is 0 Å². The number of allylic oxidation sites excluding steroid dienone is 2. The zero-order valence-corrected chi connectivity index (χ0v) is 18.0. The molecule has 0 aliphatic carbocycles. The van der Waals surface area contributed by atoms with Crippen LogP contribution in [0.25, 0.3) is 0 Å². The molecule has 0 atom stereocenters. The Hall–Kier alpha value is -0.870. The minimum atomic E-state index is -0.106. The minimum Gasteiger partial charge on any atom is -0.463 e. The van der Waals surface area contributed by atoms with Crippen molar-refractivity contribution >= 4 is 5.97 Å². The van der Waals surface area contributed by atoms with Crippen LogP contribution in [0.1, 0.15) is 97.3 Å². The first kappa shape index (κ1) is 26.1. The molecule has 27 heavy (non-hydrogen) atoms. The standard InChI is InChI=1S/C23H44O4/c1-3-5-6-7-8-9-10-11-12-13-14-15-16-17-18-23(24)27-22-21-26-20-19-25-4-2/h10-11H,3-9,12-22H2,1-2H3. The number of carbonyl (C=O) groups is 1. The third kappa shape index (κ3) is 23.1. The molecule has 0 aliphatic heterocycles. The predicted octanol–water partition coefficient (Wildman–Crippen LogP) is 6.23. The van der Waals surface area contributed by atoms with E-state index in [0.717, 1.165) is 12.8 Å². The fraction of sp³-hybridized carbons (Fsp3) is 0.870. The molecule has 0 aliphatic rings. The first-order valence-electron chi connectivity index (χ1n) is 11.3.